The Morgan fingerprint density at radius 2 is 2.00 bits per heavy atom. The first-order chi connectivity index (χ1) is 18.4. The van der Waals surface area contributed by atoms with Crippen molar-refractivity contribution >= 4 is 21.9 Å². The fourth-order valence-electron chi connectivity index (χ4n) is 5.07. The van der Waals surface area contributed by atoms with E-state index in [4.69, 9.17) is 4.98 Å². The Morgan fingerprint density at radius 3 is 2.82 bits per heavy atom. The fraction of sp³-hybridized carbons (Fsp3) is 0.222. The monoisotopic (exact) mass is 511 g/mol. The molecule has 6 aromatic rings. The van der Waals surface area contributed by atoms with Gasteiger partial charge in [0.15, 0.2) is 0 Å². The van der Waals surface area contributed by atoms with E-state index < -0.39 is 5.92 Å². The minimum absolute atomic E-state index is 0.102. The SMILES string of the molecule is Cc1cn(-c2nccc3[nH]c(-c4n[nH]c5ccc(-c6cncc(CN7CCC(F)(F)C7)c6)nc45)cc23)cn1. The lowest BCUT2D eigenvalue weighted by Gasteiger charge is -2.15. The highest BCUT2D eigenvalue weighted by Crippen LogP contribution is 2.32. The summed E-state index contributed by atoms with van der Waals surface area (Å²) in [5.41, 5.74) is 7.27. The molecule has 7 rings (SSSR count). The van der Waals surface area contributed by atoms with Crippen molar-refractivity contribution in [3.05, 3.63) is 72.7 Å². The van der Waals surface area contributed by atoms with Crippen molar-refractivity contribution in [2.45, 2.75) is 25.8 Å². The molecule has 0 aliphatic carbocycles. The van der Waals surface area contributed by atoms with Crippen LogP contribution in [0.2, 0.25) is 0 Å². The molecule has 0 atom stereocenters. The van der Waals surface area contributed by atoms with Gasteiger partial charge in [-0.25, -0.2) is 23.7 Å². The molecule has 11 heteroatoms. The van der Waals surface area contributed by atoms with Crippen LogP contribution in [0.1, 0.15) is 17.7 Å². The number of fused-ring (bicyclic) bond motifs is 2. The number of nitrogens with one attached hydrogen (secondary N) is 2. The summed E-state index contributed by atoms with van der Waals surface area (Å²) in [6.07, 6.45) is 8.80. The minimum Gasteiger partial charge on any atom is -0.353 e. The summed E-state index contributed by atoms with van der Waals surface area (Å²) in [6.45, 7) is 2.52. The van der Waals surface area contributed by atoms with Crippen LogP contribution in [0.25, 0.3) is 50.4 Å². The molecule has 0 radical (unpaired) electrons. The molecule has 1 aliphatic heterocycles. The van der Waals surface area contributed by atoms with Gasteiger partial charge in [0.05, 0.1) is 34.7 Å². The average Bonchev–Trinajstić information content (AvgIpc) is 3.69. The highest BCUT2D eigenvalue weighted by molar-refractivity contribution is 5.96. The summed E-state index contributed by atoms with van der Waals surface area (Å²) < 4.78 is 29.2. The van der Waals surface area contributed by atoms with E-state index in [0.717, 1.165) is 50.4 Å². The Kier molecular flexibility index (Phi) is 5.08. The number of aryl methyl sites for hydroxylation is 1. The topological polar surface area (TPSA) is 104 Å². The predicted octanol–water partition coefficient (Wildman–Crippen LogP) is 4.90. The molecular weight excluding hydrogens is 488 g/mol. The van der Waals surface area contributed by atoms with Crippen molar-refractivity contribution in [2.24, 2.45) is 0 Å². The van der Waals surface area contributed by atoms with Gasteiger partial charge >= 0.3 is 0 Å². The van der Waals surface area contributed by atoms with E-state index in [1.165, 1.54) is 0 Å². The Balaban J connectivity index is 1.24. The second kappa shape index (κ2) is 8.52. The van der Waals surface area contributed by atoms with E-state index >= 15 is 0 Å². The van der Waals surface area contributed by atoms with Crippen molar-refractivity contribution in [3.8, 4) is 28.5 Å². The lowest BCUT2D eigenvalue weighted by molar-refractivity contribution is 0.0115. The average molecular weight is 512 g/mol. The second-order valence-corrected chi connectivity index (χ2v) is 9.76. The van der Waals surface area contributed by atoms with Gasteiger partial charge in [-0.05, 0) is 42.8 Å². The molecule has 0 aromatic carbocycles. The number of nitrogens with zero attached hydrogens (tertiary/aromatic N) is 7. The Bertz CT molecular complexity index is 1800. The number of aromatic nitrogens is 8. The van der Waals surface area contributed by atoms with Gasteiger partial charge in [0.1, 0.15) is 23.4 Å². The van der Waals surface area contributed by atoms with Crippen LogP contribution in [0, 0.1) is 6.92 Å². The van der Waals surface area contributed by atoms with E-state index in [1.54, 1.807) is 29.8 Å². The minimum atomic E-state index is -2.62. The first-order valence-electron chi connectivity index (χ1n) is 12.3. The van der Waals surface area contributed by atoms with Gasteiger partial charge in [0.2, 0.25) is 0 Å². The normalized spacial score (nSPS) is 15.7. The lowest BCUT2D eigenvalue weighted by atomic mass is 10.1. The zero-order valence-electron chi connectivity index (χ0n) is 20.5. The number of hydrogen-bond donors (Lipinski definition) is 2. The molecular formula is C27H23F2N9. The van der Waals surface area contributed by atoms with Crippen LogP contribution < -0.4 is 0 Å². The summed E-state index contributed by atoms with van der Waals surface area (Å²) in [7, 11) is 0. The molecule has 1 aliphatic rings. The molecule has 190 valence electrons. The Hall–Kier alpha value is -4.51. The number of pyridine rings is 3. The number of likely N-dealkylation sites (tertiary alicyclic amines) is 1. The smallest absolute Gasteiger partial charge is 0.261 e. The van der Waals surface area contributed by atoms with E-state index in [1.807, 2.05) is 48.0 Å². The number of imidazole rings is 1. The number of alkyl halides is 2. The van der Waals surface area contributed by atoms with Crippen LogP contribution in [0.5, 0.6) is 0 Å². The second-order valence-electron chi connectivity index (χ2n) is 9.76. The molecule has 0 spiro atoms. The lowest BCUT2D eigenvalue weighted by Crippen LogP contribution is -2.24. The molecule has 0 unspecified atom stereocenters. The molecule has 2 N–H and O–H groups in total. The number of aromatic amines is 2. The van der Waals surface area contributed by atoms with Gasteiger partial charge in [0.25, 0.3) is 5.92 Å². The summed E-state index contributed by atoms with van der Waals surface area (Å²) in [6, 6.07) is 9.75. The Morgan fingerprint density at radius 1 is 1.08 bits per heavy atom. The molecule has 0 amide bonds. The Labute approximate surface area is 215 Å². The van der Waals surface area contributed by atoms with Crippen LogP contribution in [0.4, 0.5) is 8.78 Å². The molecule has 1 saturated heterocycles. The maximum absolute atomic E-state index is 13.6. The van der Waals surface area contributed by atoms with E-state index in [9.17, 15) is 8.78 Å². The number of halogens is 2. The first-order valence-corrected chi connectivity index (χ1v) is 12.3. The molecule has 9 nitrogen and oxygen atoms in total. The predicted molar refractivity (Wildman–Crippen MR) is 139 cm³/mol. The van der Waals surface area contributed by atoms with Crippen molar-refractivity contribution in [3.63, 3.8) is 0 Å². The summed E-state index contributed by atoms with van der Waals surface area (Å²) in [5.74, 6) is -1.84. The quantitative estimate of drug-likeness (QED) is 0.341. The summed E-state index contributed by atoms with van der Waals surface area (Å²) >= 11 is 0. The molecule has 0 bridgehead atoms. The van der Waals surface area contributed by atoms with Gasteiger partial charge in [-0.1, -0.05) is 0 Å². The van der Waals surface area contributed by atoms with Crippen molar-refractivity contribution in [1.82, 2.24) is 44.6 Å². The maximum Gasteiger partial charge on any atom is 0.261 e. The third-order valence-electron chi connectivity index (χ3n) is 6.89. The van der Waals surface area contributed by atoms with Gasteiger partial charge in [0, 0.05) is 55.2 Å². The third-order valence-corrected chi connectivity index (χ3v) is 6.89. The van der Waals surface area contributed by atoms with Crippen molar-refractivity contribution < 1.29 is 8.78 Å². The number of rotatable bonds is 5. The molecule has 6 aromatic heterocycles. The zero-order chi connectivity index (χ0) is 25.9. The number of H-pyrrole nitrogens is 2. The third kappa shape index (κ3) is 4.01. The maximum atomic E-state index is 13.6. The molecule has 7 heterocycles. The van der Waals surface area contributed by atoms with E-state index in [-0.39, 0.29) is 13.0 Å². The summed E-state index contributed by atoms with van der Waals surface area (Å²) in [4.78, 5) is 23.4. The molecule has 1 fully saturated rings. The van der Waals surface area contributed by atoms with Crippen molar-refractivity contribution in [2.75, 3.05) is 13.1 Å². The van der Waals surface area contributed by atoms with Crippen LogP contribution in [0.3, 0.4) is 0 Å². The van der Waals surface area contributed by atoms with Gasteiger partial charge in [-0.15, -0.1) is 0 Å². The molecule has 38 heavy (non-hydrogen) atoms. The van der Waals surface area contributed by atoms with Crippen molar-refractivity contribution in [1.29, 1.82) is 0 Å². The highest BCUT2D eigenvalue weighted by Gasteiger charge is 2.37. The zero-order valence-corrected chi connectivity index (χ0v) is 20.5. The van der Waals surface area contributed by atoms with Gasteiger partial charge in [-0.2, -0.15) is 5.10 Å². The standard InChI is InChI=1S/C27H23F2N9/c1-16-12-38(15-32-16)26-19-9-23(33-21(19)4-6-31-26)25-24-22(35-36-25)3-2-20(34-24)18-8-17(10-30-11-18)13-37-7-5-27(28,29)14-37/h2-4,6,8-12,15,33H,5,7,13-14H2,1H3,(H,35,36). The summed E-state index contributed by atoms with van der Waals surface area (Å²) in [5, 5.41) is 8.56. The highest BCUT2D eigenvalue weighted by atomic mass is 19.3. The number of hydrogen-bond acceptors (Lipinski definition) is 6. The van der Waals surface area contributed by atoms with Crippen LogP contribution >= 0.6 is 0 Å². The van der Waals surface area contributed by atoms with Crippen LogP contribution in [-0.2, 0) is 6.54 Å². The van der Waals surface area contributed by atoms with Gasteiger partial charge in [-0.3, -0.25) is 19.5 Å². The van der Waals surface area contributed by atoms with Crippen LogP contribution in [-0.4, -0.2) is 63.6 Å². The van der Waals surface area contributed by atoms with Crippen LogP contribution in [0.15, 0.2) is 61.4 Å². The largest absolute Gasteiger partial charge is 0.353 e. The first kappa shape index (κ1) is 22.7. The fourth-order valence-corrected chi connectivity index (χ4v) is 5.07. The molecule has 0 saturated carbocycles. The van der Waals surface area contributed by atoms with Gasteiger partial charge < -0.3 is 4.98 Å². The van der Waals surface area contributed by atoms with E-state index in [2.05, 4.69) is 30.1 Å². The van der Waals surface area contributed by atoms with E-state index in [0.29, 0.717) is 24.3 Å².